The minimum absolute atomic E-state index is 0.132. The van der Waals surface area contributed by atoms with Crippen LogP contribution in [0.25, 0.3) is 0 Å². The van der Waals surface area contributed by atoms with E-state index in [9.17, 15) is 4.79 Å². The molecule has 3 aromatic rings. The Kier molecular flexibility index (Phi) is 4.94. The zero-order valence-electron chi connectivity index (χ0n) is 15.3. The molecule has 1 amide bonds. The van der Waals surface area contributed by atoms with Crippen molar-refractivity contribution in [2.45, 2.75) is 42.2 Å². The molecule has 0 atom stereocenters. The lowest BCUT2D eigenvalue weighted by Crippen LogP contribution is -2.14. The molecule has 0 bridgehead atoms. The molecule has 27 heavy (non-hydrogen) atoms. The fraction of sp³-hybridized carbons (Fsp3) is 0.300. The Balaban J connectivity index is 1.53. The maximum absolute atomic E-state index is 12.9. The highest BCUT2D eigenvalue weighted by molar-refractivity contribution is 7.99. The van der Waals surface area contributed by atoms with Crippen molar-refractivity contribution in [1.29, 1.82) is 0 Å². The molecule has 0 radical (unpaired) electrons. The maximum atomic E-state index is 12.9. The molecule has 4 rings (SSSR count). The molecule has 1 fully saturated rings. The van der Waals surface area contributed by atoms with E-state index in [1.807, 2.05) is 37.3 Å². The monoisotopic (exact) mass is 379 g/mol. The second-order valence-electron chi connectivity index (χ2n) is 6.89. The summed E-state index contributed by atoms with van der Waals surface area (Å²) >= 11 is 1.38. The van der Waals surface area contributed by atoms with Crippen molar-refractivity contribution in [1.82, 2.24) is 20.2 Å². The van der Waals surface area contributed by atoms with Gasteiger partial charge in [0.15, 0.2) is 0 Å². The molecule has 6 nitrogen and oxygen atoms in total. The van der Waals surface area contributed by atoms with Crippen molar-refractivity contribution >= 4 is 23.4 Å². The average molecular weight is 379 g/mol. The van der Waals surface area contributed by atoms with Gasteiger partial charge in [-0.1, -0.05) is 30.2 Å². The highest BCUT2D eigenvalue weighted by Crippen LogP contribution is 2.36. The molecule has 2 aromatic carbocycles. The molecule has 1 saturated carbocycles. The summed E-state index contributed by atoms with van der Waals surface area (Å²) in [6.45, 7) is 1.97. The molecule has 0 aliphatic heterocycles. The van der Waals surface area contributed by atoms with Gasteiger partial charge in [0.05, 0.1) is 5.56 Å². The van der Waals surface area contributed by atoms with Crippen LogP contribution in [0.4, 0.5) is 5.69 Å². The number of nitrogens with zero attached hydrogens (tertiary/aromatic N) is 4. The van der Waals surface area contributed by atoms with Gasteiger partial charge in [0.25, 0.3) is 5.91 Å². The number of benzene rings is 2. The quantitative estimate of drug-likeness (QED) is 0.720. The summed E-state index contributed by atoms with van der Waals surface area (Å²) in [4.78, 5) is 13.7. The molecule has 0 spiro atoms. The van der Waals surface area contributed by atoms with E-state index in [0.29, 0.717) is 16.6 Å². The predicted octanol–water partition coefficient (Wildman–Crippen LogP) is 4.19. The summed E-state index contributed by atoms with van der Waals surface area (Å²) < 4.78 is 1.59. The third kappa shape index (κ3) is 3.88. The van der Waals surface area contributed by atoms with Crippen LogP contribution in [0.1, 0.15) is 46.7 Å². The summed E-state index contributed by atoms with van der Waals surface area (Å²) in [5, 5.41) is 15.1. The van der Waals surface area contributed by atoms with Gasteiger partial charge in [-0.2, -0.15) is 0 Å². The summed E-state index contributed by atoms with van der Waals surface area (Å²) in [7, 11) is 1.78. The molecule has 1 heterocycles. The highest BCUT2D eigenvalue weighted by Gasteiger charge is 2.19. The van der Waals surface area contributed by atoms with E-state index >= 15 is 0 Å². The number of carbonyl (C=O) groups excluding carboxylic acids is 1. The first-order valence-electron chi connectivity index (χ1n) is 9.02. The van der Waals surface area contributed by atoms with Crippen LogP contribution in [-0.2, 0) is 7.05 Å². The number of aryl methyl sites for hydroxylation is 2. The SMILES string of the molecule is Cc1ccc(Sc2nnnn2C)c(C(=O)Nc2ccc(C3CCC3)cc2)c1. The van der Waals surface area contributed by atoms with Gasteiger partial charge in [0.1, 0.15) is 0 Å². The minimum atomic E-state index is -0.132. The minimum Gasteiger partial charge on any atom is -0.322 e. The number of tetrazole rings is 1. The van der Waals surface area contributed by atoms with Crippen molar-refractivity contribution in [2.75, 3.05) is 5.32 Å². The number of hydrogen-bond acceptors (Lipinski definition) is 5. The van der Waals surface area contributed by atoms with Crippen molar-refractivity contribution in [3.63, 3.8) is 0 Å². The number of amides is 1. The molecule has 0 saturated heterocycles. The van der Waals surface area contributed by atoms with E-state index in [2.05, 4.69) is 33.0 Å². The van der Waals surface area contributed by atoms with E-state index in [0.717, 1.165) is 16.1 Å². The Morgan fingerprint density at radius 1 is 1.19 bits per heavy atom. The standard InChI is InChI=1S/C20H21N5OS/c1-13-6-11-18(27-20-22-23-24-25(20)2)17(12-13)19(26)21-16-9-7-15(8-10-16)14-4-3-5-14/h6-12,14H,3-5H2,1-2H3,(H,21,26). The first-order valence-corrected chi connectivity index (χ1v) is 9.84. The Morgan fingerprint density at radius 2 is 1.96 bits per heavy atom. The molecule has 1 aliphatic rings. The molecule has 138 valence electrons. The first kappa shape index (κ1) is 17.7. The van der Waals surface area contributed by atoms with Crippen LogP contribution in [0.2, 0.25) is 0 Å². The van der Waals surface area contributed by atoms with E-state index in [4.69, 9.17) is 0 Å². The number of anilines is 1. The number of aromatic nitrogens is 4. The van der Waals surface area contributed by atoms with E-state index in [-0.39, 0.29) is 5.91 Å². The third-order valence-corrected chi connectivity index (χ3v) is 6.01. The van der Waals surface area contributed by atoms with Gasteiger partial charge in [0, 0.05) is 17.6 Å². The van der Waals surface area contributed by atoms with Gasteiger partial charge in [-0.15, -0.1) is 5.10 Å². The Bertz CT molecular complexity index is 963. The van der Waals surface area contributed by atoms with Crippen molar-refractivity contribution in [3.05, 3.63) is 59.2 Å². The lowest BCUT2D eigenvalue weighted by molar-refractivity contribution is 0.102. The Labute approximate surface area is 162 Å². The normalized spacial score (nSPS) is 14.0. The second kappa shape index (κ2) is 7.52. The lowest BCUT2D eigenvalue weighted by atomic mass is 9.80. The number of rotatable bonds is 5. The van der Waals surface area contributed by atoms with Gasteiger partial charge in [-0.3, -0.25) is 4.79 Å². The Morgan fingerprint density at radius 3 is 2.59 bits per heavy atom. The average Bonchev–Trinajstić information content (AvgIpc) is 3.01. The van der Waals surface area contributed by atoms with Crippen LogP contribution in [0.3, 0.4) is 0 Å². The fourth-order valence-corrected chi connectivity index (χ4v) is 3.94. The Hall–Kier alpha value is -2.67. The van der Waals surface area contributed by atoms with Crippen LogP contribution < -0.4 is 5.32 Å². The zero-order chi connectivity index (χ0) is 18.8. The van der Waals surface area contributed by atoms with Crippen molar-refractivity contribution < 1.29 is 4.79 Å². The van der Waals surface area contributed by atoms with E-state index in [1.54, 1.807) is 11.7 Å². The van der Waals surface area contributed by atoms with Gasteiger partial charge in [0.2, 0.25) is 5.16 Å². The molecule has 1 aromatic heterocycles. The van der Waals surface area contributed by atoms with Gasteiger partial charge in [-0.05, 0) is 77.7 Å². The van der Waals surface area contributed by atoms with Crippen LogP contribution in [0, 0.1) is 6.92 Å². The predicted molar refractivity (Wildman–Crippen MR) is 105 cm³/mol. The van der Waals surface area contributed by atoms with Gasteiger partial charge < -0.3 is 5.32 Å². The van der Waals surface area contributed by atoms with E-state index < -0.39 is 0 Å². The number of nitrogens with one attached hydrogen (secondary N) is 1. The van der Waals surface area contributed by atoms with Crippen LogP contribution >= 0.6 is 11.8 Å². The summed E-state index contributed by atoms with van der Waals surface area (Å²) in [5.41, 5.74) is 3.81. The molecular weight excluding hydrogens is 358 g/mol. The maximum Gasteiger partial charge on any atom is 0.256 e. The first-order chi connectivity index (χ1) is 13.1. The molecule has 0 unspecified atom stereocenters. The van der Waals surface area contributed by atoms with E-state index in [1.165, 1.54) is 36.6 Å². The smallest absolute Gasteiger partial charge is 0.256 e. The van der Waals surface area contributed by atoms with Crippen molar-refractivity contribution in [2.24, 2.45) is 7.05 Å². The highest BCUT2D eigenvalue weighted by atomic mass is 32.2. The molecule has 7 heteroatoms. The largest absolute Gasteiger partial charge is 0.322 e. The van der Waals surface area contributed by atoms with Crippen LogP contribution in [-0.4, -0.2) is 26.1 Å². The fourth-order valence-electron chi connectivity index (χ4n) is 3.09. The lowest BCUT2D eigenvalue weighted by Gasteiger charge is -2.25. The number of carbonyl (C=O) groups is 1. The molecule has 1 N–H and O–H groups in total. The van der Waals surface area contributed by atoms with Crippen molar-refractivity contribution in [3.8, 4) is 0 Å². The summed E-state index contributed by atoms with van der Waals surface area (Å²) in [6, 6.07) is 14.0. The zero-order valence-corrected chi connectivity index (χ0v) is 16.2. The second-order valence-corrected chi connectivity index (χ2v) is 7.90. The van der Waals surface area contributed by atoms with Crippen LogP contribution in [0.5, 0.6) is 0 Å². The van der Waals surface area contributed by atoms with Crippen LogP contribution in [0.15, 0.2) is 52.5 Å². The van der Waals surface area contributed by atoms with Gasteiger partial charge >= 0.3 is 0 Å². The molecule has 1 aliphatic carbocycles. The van der Waals surface area contributed by atoms with Gasteiger partial charge in [-0.25, -0.2) is 4.68 Å². The molecular formula is C20H21N5OS. The topological polar surface area (TPSA) is 72.7 Å². The third-order valence-electron chi connectivity index (χ3n) is 4.91. The number of hydrogen-bond donors (Lipinski definition) is 1. The summed E-state index contributed by atoms with van der Waals surface area (Å²) in [5.74, 6) is 0.558. The summed E-state index contributed by atoms with van der Waals surface area (Å²) in [6.07, 6.45) is 3.86.